The molecule has 2 aromatic rings. The standard InChI is InChI=1S/C19H16F5N3O3S2/c1-2-32(29,30)13-5-10(17(9-25)3-4-17)7-26-15(13)27-8-12-11(16(27)28)6-14(31-12)18(20,21)19(22,23)24/h5-7,16,28H,2-4,8H2,1H3. The lowest BCUT2D eigenvalue weighted by molar-refractivity contribution is -0.287. The van der Waals surface area contributed by atoms with Gasteiger partial charge in [-0.3, -0.25) is 0 Å². The first kappa shape index (κ1) is 22.9. The molecule has 1 N–H and O–H groups in total. The molecule has 1 fully saturated rings. The van der Waals surface area contributed by atoms with E-state index >= 15 is 0 Å². The van der Waals surface area contributed by atoms with Crippen LogP contribution in [0.4, 0.5) is 27.8 Å². The Morgan fingerprint density at radius 2 is 1.97 bits per heavy atom. The van der Waals surface area contributed by atoms with Crippen LogP contribution in [0.5, 0.6) is 0 Å². The van der Waals surface area contributed by atoms with Crippen molar-refractivity contribution in [1.29, 1.82) is 5.26 Å². The molecular formula is C19H16F5N3O3S2. The van der Waals surface area contributed by atoms with Crippen molar-refractivity contribution < 1.29 is 35.5 Å². The Balaban J connectivity index is 1.74. The maximum absolute atomic E-state index is 13.7. The van der Waals surface area contributed by atoms with Crippen molar-refractivity contribution in [3.8, 4) is 6.07 Å². The molecule has 1 saturated carbocycles. The van der Waals surface area contributed by atoms with Gasteiger partial charge in [-0.25, -0.2) is 13.4 Å². The number of alkyl halides is 5. The highest BCUT2D eigenvalue weighted by Crippen LogP contribution is 2.52. The molecule has 2 aromatic heterocycles. The number of fused-ring (bicyclic) bond motifs is 1. The summed E-state index contributed by atoms with van der Waals surface area (Å²) in [5.41, 5.74) is -0.550. The highest BCUT2D eigenvalue weighted by Gasteiger charge is 2.60. The molecule has 32 heavy (non-hydrogen) atoms. The maximum Gasteiger partial charge on any atom is 0.458 e. The van der Waals surface area contributed by atoms with E-state index in [2.05, 4.69) is 11.1 Å². The fourth-order valence-corrected chi connectivity index (χ4v) is 5.82. The monoisotopic (exact) mass is 493 g/mol. The first-order valence-corrected chi connectivity index (χ1v) is 11.9. The van der Waals surface area contributed by atoms with Crippen molar-refractivity contribution in [1.82, 2.24) is 4.98 Å². The zero-order chi connectivity index (χ0) is 23.7. The van der Waals surface area contributed by atoms with E-state index in [0.717, 1.165) is 4.90 Å². The van der Waals surface area contributed by atoms with Gasteiger partial charge in [0.05, 0.1) is 28.7 Å². The summed E-state index contributed by atoms with van der Waals surface area (Å²) in [6, 6.07) is 4.07. The van der Waals surface area contributed by atoms with Crippen molar-refractivity contribution in [2.24, 2.45) is 0 Å². The molecule has 0 aromatic carbocycles. The van der Waals surface area contributed by atoms with Crippen LogP contribution >= 0.6 is 11.3 Å². The lowest BCUT2D eigenvalue weighted by Crippen LogP contribution is -2.33. The summed E-state index contributed by atoms with van der Waals surface area (Å²) in [6.07, 6.45) is -5.00. The predicted molar refractivity (Wildman–Crippen MR) is 104 cm³/mol. The predicted octanol–water partition coefficient (Wildman–Crippen LogP) is 4.16. The zero-order valence-electron chi connectivity index (χ0n) is 16.4. The number of aliphatic hydroxyl groups excluding tert-OH is 1. The van der Waals surface area contributed by atoms with Crippen LogP contribution in [0, 0.1) is 11.3 Å². The van der Waals surface area contributed by atoms with E-state index in [0.29, 0.717) is 24.5 Å². The maximum atomic E-state index is 13.7. The van der Waals surface area contributed by atoms with E-state index < -0.39 is 38.5 Å². The molecule has 0 bridgehead atoms. The average Bonchev–Trinajstić information content (AvgIpc) is 3.32. The van der Waals surface area contributed by atoms with Crippen LogP contribution in [0.25, 0.3) is 0 Å². The Morgan fingerprint density at radius 3 is 2.47 bits per heavy atom. The Bertz CT molecular complexity index is 1230. The second-order valence-electron chi connectivity index (χ2n) is 7.71. The molecule has 6 nitrogen and oxygen atoms in total. The molecule has 1 aliphatic heterocycles. The van der Waals surface area contributed by atoms with Crippen LogP contribution < -0.4 is 4.90 Å². The van der Waals surface area contributed by atoms with E-state index in [1.165, 1.54) is 19.2 Å². The van der Waals surface area contributed by atoms with E-state index in [9.17, 15) is 40.7 Å². The fourth-order valence-electron chi connectivity index (χ4n) is 3.57. The lowest BCUT2D eigenvalue weighted by Gasteiger charge is -2.25. The number of hydrogen-bond donors (Lipinski definition) is 1. The molecule has 0 saturated heterocycles. The van der Waals surface area contributed by atoms with Crippen LogP contribution in [-0.4, -0.2) is 30.4 Å². The molecule has 172 valence electrons. The number of nitrogens with zero attached hydrogens (tertiary/aromatic N) is 3. The van der Waals surface area contributed by atoms with Crippen LogP contribution in [0.3, 0.4) is 0 Å². The zero-order valence-corrected chi connectivity index (χ0v) is 18.1. The minimum atomic E-state index is -5.78. The number of hydrogen-bond acceptors (Lipinski definition) is 7. The number of pyridine rings is 1. The molecule has 13 heteroatoms. The SMILES string of the molecule is CCS(=O)(=O)c1cc(C2(C#N)CC2)cnc1N1Cc2sc(C(F)(F)C(F)(F)F)cc2C1O. The molecule has 0 spiro atoms. The highest BCUT2D eigenvalue weighted by atomic mass is 32.2. The number of anilines is 1. The Labute approximate surface area is 183 Å². The van der Waals surface area contributed by atoms with Crippen molar-refractivity contribution in [3.63, 3.8) is 0 Å². The molecule has 2 aliphatic rings. The van der Waals surface area contributed by atoms with Crippen LogP contribution in [0.15, 0.2) is 23.2 Å². The summed E-state index contributed by atoms with van der Waals surface area (Å²) >= 11 is 0.206. The second kappa shape index (κ2) is 7.10. The minimum absolute atomic E-state index is 0.0536. The number of nitriles is 1. The summed E-state index contributed by atoms with van der Waals surface area (Å²) in [4.78, 5) is 3.88. The number of halogens is 5. The molecule has 4 rings (SSSR count). The third kappa shape index (κ3) is 3.36. The quantitative estimate of drug-likeness (QED) is 0.629. The van der Waals surface area contributed by atoms with Crippen molar-refractivity contribution in [2.45, 2.75) is 54.9 Å². The Hall–Kier alpha value is -2.30. The van der Waals surface area contributed by atoms with Gasteiger partial charge >= 0.3 is 12.1 Å². The third-order valence-corrected chi connectivity index (χ3v) is 8.67. The van der Waals surface area contributed by atoms with Gasteiger partial charge in [0, 0.05) is 16.6 Å². The third-order valence-electron chi connectivity index (χ3n) is 5.73. The molecule has 1 aliphatic carbocycles. The van der Waals surface area contributed by atoms with Crippen LogP contribution in [0.1, 0.15) is 46.9 Å². The number of rotatable bonds is 5. The van der Waals surface area contributed by atoms with Crippen LogP contribution in [-0.2, 0) is 27.7 Å². The summed E-state index contributed by atoms with van der Waals surface area (Å²) in [6.45, 7) is 1.11. The normalized spacial score (nSPS) is 20.2. The van der Waals surface area contributed by atoms with Crippen molar-refractivity contribution in [2.75, 3.05) is 10.7 Å². The van der Waals surface area contributed by atoms with E-state index in [1.54, 1.807) is 0 Å². The molecule has 3 heterocycles. The molecule has 1 unspecified atom stereocenters. The average molecular weight is 493 g/mol. The summed E-state index contributed by atoms with van der Waals surface area (Å²) < 4.78 is 90.9. The molecule has 1 atom stereocenters. The first-order chi connectivity index (χ1) is 14.8. The molecule has 0 amide bonds. The lowest BCUT2D eigenvalue weighted by atomic mass is 10.00. The highest BCUT2D eigenvalue weighted by molar-refractivity contribution is 7.91. The van der Waals surface area contributed by atoms with Gasteiger partial charge in [0.25, 0.3) is 0 Å². The smallest absolute Gasteiger partial charge is 0.369 e. The van der Waals surface area contributed by atoms with Gasteiger partial charge < -0.3 is 10.0 Å². The number of aromatic nitrogens is 1. The second-order valence-corrected chi connectivity index (χ2v) is 11.1. The van der Waals surface area contributed by atoms with Gasteiger partial charge in [0.2, 0.25) is 0 Å². The van der Waals surface area contributed by atoms with Gasteiger partial charge in [-0.15, -0.1) is 11.3 Å². The van der Waals surface area contributed by atoms with Crippen molar-refractivity contribution >= 4 is 27.0 Å². The van der Waals surface area contributed by atoms with E-state index in [4.69, 9.17) is 0 Å². The minimum Gasteiger partial charge on any atom is -0.369 e. The molecular weight excluding hydrogens is 477 g/mol. The largest absolute Gasteiger partial charge is 0.458 e. The van der Waals surface area contributed by atoms with E-state index in [1.807, 2.05) is 0 Å². The number of thiophene rings is 1. The van der Waals surface area contributed by atoms with Gasteiger partial charge in [0.1, 0.15) is 10.7 Å². The van der Waals surface area contributed by atoms with Gasteiger partial charge in [-0.05, 0) is 30.5 Å². The van der Waals surface area contributed by atoms with Crippen molar-refractivity contribution in [3.05, 3.63) is 39.2 Å². The number of sulfone groups is 1. The Morgan fingerprint density at radius 1 is 1.31 bits per heavy atom. The number of aliphatic hydroxyl groups is 1. The summed E-state index contributed by atoms with van der Waals surface area (Å²) in [7, 11) is -3.86. The van der Waals surface area contributed by atoms with Gasteiger partial charge in [-0.2, -0.15) is 27.2 Å². The summed E-state index contributed by atoms with van der Waals surface area (Å²) in [5, 5.41) is 20.1. The molecule has 0 radical (unpaired) electrons. The Kier molecular flexibility index (Phi) is 5.07. The first-order valence-electron chi connectivity index (χ1n) is 9.44. The van der Waals surface area contributed by atoms with Crippen LogP contribution in [0.2, 0.25) is 0 Å². The fraction of sp³-hybridized carbons (Fsp3) is 0.474. The summed E-state index contributed by atoms with van der Waals surface area (Å²) in [5.74, 6) is -5.51. The van der Waals surface area contributed by atoms with Gasteiger partial charge in [-0.1, -0.05) is 6.92 Å². The van der Waals surface area contributed by atoms with E-state index in [-0.39, 0.29) is 44.8 Å². The van der Waals surface area contributed by atoms with Gasteiger partial charge in [0.15, 0.2) is 16.1 Å². The topological polar surface area (TPSA) is 94.3 Å².